The summed E-state index contributed by atoms with van der Waals surface area (Å²) < 4.78 is 5.12. The van der Waals surface area contributed by atoms with Crippen LogP contribution in [-0.4, -0.2) is 33.7 Å². The molecule has 0 bridgehead atoms. The number of rotatable bonds is 6. The van der Waals surface area contributed by atoms with Gasteiger partial charge < -0.3 is 15.0 Å². The molecule has 1 N–H and O–H groups in total. The molecule has 22 heavy (non-hydrogen) atoms. The zero-order chi connectivity index (χ0) is 15.9. The van der Waals surface area contributed by atoms with Gasteiger partial charge in [0, 0.05) is 31.9 Å². The molecule has 4 nitrogen and oxygen atoms in total. The minimum absolute atomic E-state index is 0.0428. The topological polar surface area (TPSA) is 41.6 Å². The van der Waals surface area contributed by atoms with E-state index in [9.17, 15) is 4.79 Å². The van der Waals surface area contributed by atoms with E-state index < -0.39 is 0 Å². The number of benzene rings is 2. The molecule has 4 heteroatoms. The highest BCUT2D eigenvalue weighted by molar-refractivity contribution is 5.94. The van der Waals surface area contributed by atoms with Gasteiger partial charge >= 0.3 is 0 Å². The molecular formula is C18H22N2O2. The van der Waals surface area contributed by atoms with Crippen LogP contribution in [0.15, 0.2) is 48.5 Å². The number of carbonyl (C=O) groups excluding carboxylic acids is 1. The first kappa shape index (κ1) is 15.9. The molecule has 0 radical (unpaired) electrons. The summed E-state index contributed by atoms with van der Waals surface area (Å²) in [4.78, 5) is 14.1. The maximum Gasteiger partial charge on any atom is 0.251 e. The number of hydrogen-bond acceptors (Lipinski definition) is 3. The molecule has 0 aliphatic heterocycles. The molecule has 0 saturated heterocycles. The summed E-state index contributed by atoms with van der Waals surface area (Å²) in [6.07, 6.45) is 0.797. The molecule has 0 aliphatic rings. The molecule has 0 fully saturated rings. The molecule has 0 heterocycles. The third-order valence-electron chi connectivity index (χ3n) is 3.50. The van der Waals surface area contributed by atoms with Crippen LogP contribution < -0.4 is 15.0 Å². The lowest BCUT2D eigenvalue weighted by Crippen LogP contribution is -2.25. The van der Waals surface area contributed by atoms with E-state index in [0.29, 0.717) is 12.1 Å². The summed E-state index contributed by atoms with van der Waals surface area (Å²) in [7, 11) is 5.60. The van der Waals surface area contributed by atoms with Gasteiger partial charge in [0.15, 0.2) is 0 Å². The van der Waals surface area contributed by atoms with Crippen LogP contribution in [0.3, 0.4) is 0 Å². The number of hydrogen-bond donors (Lipinski definition) is 1. The highest BCUT2D eigenvalue weighted by Crippen LogP contribution is 2.13. The number of methoxy groups -OCH3 is 1. The standard InChI is InChI=1S/C18H22N2O2/c1-20(2)16-8-6-15(7-9-16)18(21)19-13-12-14-4-10-17(22-3)11-5-14/h4-11H,12-13H2,1-3H3,(H,19,21). The molecule has 0 spiro atoms. The minimum atomic E-state index is -0.0428. The van der Waals surface area contributed by atoms with E-state index in [1.807, 2.05) is 67.5 Å². The van der Waals surface area contributed by atoms with Crippen LogP contribution in [0.5, 0.6) is 5.75 Å². The Morgan fingerprint density at radius 2 is 1.68 bits per heavy atom. The van der Waals surface area contributed by atoms with Gasteiger partial charge in [0.2, 0.25) is 0 Å². The van der Waals surface area contributed by atoms with E-state index in [0.717, 1.165) is 17.9 Å². The monoisotopic (exact) mass is 298 g/mol. The lowest BCUT2D eigenvalue weighted by molar-refractivity contribution is 0.0954. The molecular weight excluding hydrogens is 276 g/mol. The Morgan fingerprint density at radius 3 is 2.23 bits per heavy atom. The molecule has 0 unspecified atom stereocenters. The molecule has 0 aromatic heterocycles. The molecule has 2 aromatic rings. The Morgan fingerprint density at radius 1 is 1.05 bits per heavy atom. The third kappa shape index (κ3) is 4.25. The van der Waals surface area contributed by atoms with Crippen LogP contribution >= 0.6 is 0 Å². The summed E-state index contributed by atoms with van der Waals surface area (Å²) >= 11 is 0. The Kier molecular flexibility index (Phi) is 5.42. The van der Waals surface area contributed by atoms with Crippen molar-refractivity contribution in [1.29, 1.82) is 0 Å². The SMILES string of the molecule is COc1ccc(CCNC(=O)c2ccc(N(C)C)cc2)cc1. The van der Waals surface area contributed by atoms with Gasteiger partial charge in [0.25, 0.3) is 5.91 Å². The van der Waals surface area contributed by atoms with Gasteiger partial charge in [-0.3, -0.25) is 4.79 Å². The third-order valence-corrected chi connectivity index (χ3v) is 3.50. The zero-order valence-electron chi connectivity index (χ0n) is 13.3. The van der Waals surface area contributed by atoms with Crippen LogP contribution in [0.4, 0.5) is 5.69 Å². The van der Waals surface area contributed by atoms with Crippen molar-refractivity contribution < 1.29 is 9.53 Å². The maximum absolute atomic E-state index is 12.1. The fourth-order valence-corrected chi connectivity index (χ4v) is 2.13. The van der Waals surface area contributed by atoms with Crippen LogP contribution in [0, 0.1) is 0 Å². The van der Waals surface area contributed by atoms with E-state index in [1.165, 1.54) is 5.56 Å². The largest absolute Gasteiger partial charge is 0.497 e. The van der Waals surface area contributed by atoms with Crippen molar-refractivity contribution in [2.24, 2.45) is 0 Å². The predicted octanol–water partition coefficient (Wildman–Crippen LogP) is 2.73. The summed E-state index contributed by atoms with van der Waals surface area (Å²) in [5.74, 6) is 0.799. The highest BCUT2D eigenvalue weighted by atomic mass is 16.5. The average Bonchev–Trinajstić information content (AvgIpc) is 2.55. The first-order valence-corrected chi connectivity index (χ1v) is 7.28. The molecule has 0 saturated carbocycles. The second kappa shape index (κ2) is 7.50. The molecule has 116 valence electrons. The summed E-state index contributed by atoms with van der Waals surface area (Å²) in [6, 6.07) is 15.5. The molecule has 0 atom stereocenters. The Bertz CT molecular complexity index is 604. The number of nitrogens with zero attached hydrogens (tertiary/aromatic N) is 1. The average molecular weight is 298 g/mol. The number of amides is 1. The predicted molar refractivity (Wildman–Crippen MR) is 89.8 cm³/mol. The second-order valence-corrected chi connectivity index (χ2v) is 5.30. The van der Waals surface area contributed by atoms with E-state index in [2.05, 4.69) is 5.32 Å². The fourth-order valence-electron chi connectivity index (χ4n) is 2.13. The number of anilines is 1. The van der Waals surface area contributed by atoms with Crippen molar-refractivity contribution >= 4 is 11.6 Å². The first-order chi connectivity index (χ1) is 10.6. The molecule has 0 aliphatic carbocycles. The van der Waals surface area contributed by atoms with Crippen LogP contribution in [-0.2, 0) is 6.42 Å². The number of nitrogens with one attached hydrogen (secondary N) is 1. The second-order valence-electron chi connectivity index (χ2n) is 5.30. The Hall–Kier alpha value is -2.49. The lowest BCUT2D eigenvalue weighted by atomic mass is 10.1. The lowest BCUT2D eigenvalue weighted by Gasteiger charge is -2.12. The van der Waals surface area contributed by atoms with E-state index in [-0.39, 0.29) is 5.91 Å². The van der Waals surface area contributed by atoms with E-state index in [4.69, 9.17) is 4.74 Å². The number of ether oxygens (including phenoxy) is 1. The van der Waals surface area contributed by atoms with Gasteiger partial charge in [-0.15, -0.1) is 0 Å². The summed E-state index contributed by atoms with van der Waals surface area (Å²) in [5.41, 5.74) is 2.93. The fraction of sp³-hybridized carbons (Fsp3) is 0.278. The van der Waals surface area contributed by atoms with Crippen LogP contribution in [0.1, 0.15) is 15.9 Å². The van der Waals surface area contributed by atoms with Gasteiger partial charge in [-0.25, -0.2) is 0 Å². The van der Waals surface area contributed by atoms with Crippen molar-refractivity contribution in [2.45, 2.75) is 6.42 Å². The first-order valence-electron chi connectivity index (χ1n) is 7.28. The van der Waals surface area contributed by atoms with Crippen molar-refractivity contribution in [3.63, 3.8) is 0 Å². The minimum Gasteiger partial charge on any atom is -0.497 e. The van der Waals surface area contributed by atoms with Gasteiger partial charge in [0.05, 0.1) is 7.11 Å². The summed E-state index contributed by atoms with van der Waals surface area (Å²) in [5, 5.41) is 2.94. The van der Waals surface area contributed by atoms with Gasteiger partial charge in [-0.05, 0) is 48.4 Å². The Labute approximate surface area is 131 Å². The quantitative estimate of drug-likeness (QED) is 0.891. The smallest absolute Gasteiger partial charge is 0.251 e. The van der Waals surface area contributed by atoms with E-state index in [1.54, 1.807) is 7.11 Å². The molecule has 2 aromatic carbocycles. The number of carbonyl (C=O) groups is 1. The molecule has 1 amide bonds. The van der Waals surface area contributed by atoms with E-state index >= 15 is 0 Å². The van der Waals surface area contributed by atoms with Gasteiger partial charge in [-0.1, -0.05) is 12.1 Å². The van der Waals surface area contributed by atoms with Crippen molar-refractivity contribution in [3.8, 4) is 5.75 Å². The van der Waals surface area contributed by atoms with Crippen molar-refractivity contribution in [3.05, 3.63) is 59.7 Å². The van der Waals surface area contributed by atoms with Crippen molar-refractivity contribution in [1.82, 2.24) is 5.32 Å². The highest BCUT2D eigenvalue weighted by Gasteiger charge is 2.05. The van der Waals surface area contributed by atoms with Crippen molar-refractivity contribution in [2.75, 3.05) is 32.6 Å². The van der Waals surface area contributed by atoms with Gasteiger partial charge in [0.1, 0.15) is 5.75 Å². The maximum atomic E-state index is 12.1. The molecule has 2 rings (SSSR count). The van der Waals surface area contributed by atoms with Crippen LogP contribution in [0.2, 0.25) is 0 Å². The summed E-state index contributed by atoms with van der Waals surface area (Å²) in [6.45, 7) is 0.612. The van der Waals surface area contributed by atoms with Crippen LogP contribution in [0.25, 0.3) is 0 Å². The van der Waals surface area contributed by atoms with Gasteiger partial charge in [-0.2, -0.15) is 0 Å². The normalized spacial score (nSPS) is 10.1. The zero-order valence-corrected chi connectivity index (χ0v) is 13.3. The Balaban J connectivity index is 1.84.